The Morgan fingerprint density at radius 1 is 0.857 bits per heavy atom. The lowest BCUT2D eigenvalue weighted by Crippen LogP contribution is -2.10. The molecule has 0 fully saturated rings. The van der Waals surface area contributed by atoms with E-state index in [4.69, 9.17) is 0 Å². The highest BCUT2D eigenvalue weighted by Crippen LogP contribution is 2.13. The molecule has 2 atom stereocenters. The number of aliphatic hydroxyl groups excluding tert-OH is 2. The number of rotatable bonds is 14. The molecule has 0 saturated carbocycles. The lowest BCUT2D eigenvalue weighted by Gasteiger charge is -2.10. The van der Waals surface area contributed by atoms with Gasteiger partial charge < -0.3 is 14.9 Å². The average Bonchev–Trinajstić information content (AvgIpc) is 2.49. The molecule has 0 heterocycles. The Kier molecular flexibility index (Phi) is 13.9. The van der Waals surface area contributed by atoms with Crippen molar-refractivity contribution in [3.05, 3.63) is 0 Å². The minimum Gasteiger partial charge on any atom is -0.469 e. The lowest BCUT2D eigenvalue weighted by atomic mass is 10.0. The van der Waals surface area contributed by atoms with E-state index in [1.807, 2.05) is 0 Å². The number of methoxy groups -OCH3 is 1. The van der Waals surface area contributed by atoms with Gasteiger partial charge in [0, 0.05) is 6.42 Å². The average molecular weight is 302 g/mol. The Labute approximate surface area is 129 Å². The van der Waals surface area contributed by atoms with Crippen molar-refractivity contribution in [2.24, 2.45) is 0 Å². The Balaban J connectivity index is 3.29. The predicted octanol–water partition coefficient (Wildman–Crippen LogP) is 3.58. The molecule has 0 aliphatic carbocycles. The minimum absolute atomic E-state index is 0.120. The Morgan fingerprint density at radius 2 is 1.33 bits per heavy atom. The van der Waals surface area contributed by atoms with Crippen molar-refractivity contribution in [2.45, 2.75) is 96.2 Å². The number of esters is 1. The third-order valence-corrected chi connectivity index (χ3v) is 3.87. The summed E-state index contributed by atoms with van der Waals surface area (Å²) in [5, 5.41) is 19.4. The molecule has 0 radical (unpaired) electrons. The fourth-order valence-electron chi connectivity index (χ4n) is 2.41. The molecule has 0 aromatic rings. The second-order valence-electron chi connectivity index (χ2n) is 5.91. The molecule has 4 nitrogen and oxygen atoms in total. The van der Waals surface area contributed by atoms with Crippen LogP contribution in [-0.2, 0) is 9.53 Å². The van der Waals surface area contributed by atoms with Crippen molar-refractivity contribution in [2.75, 3.05) is 7.11 Å². The van der Waals surface area contributed by atoms with Gasteiger partial charge in [0.25, 0.3) is 0 Å². The molecule has 0 aromatic carbocycles. The number of hydrogen-bond donors (Lipinski definition) is 2. The number of hydrogen-bond acceptors (Lipinski definition) is 4. The van der Waals surface area contributed by atoms with E-state index >= 15 is 0 Å². The summed E-state index contributed by atoms with van der Waals surface area (Å²) < 4.78 is 4.54. The van der Waals surface area contributed by atoms with E-state index in [-0.39, 0.29) is 18.2 Å². The summed E-state index contributed by atoms with van der Waals surface area (Å²) in [4.78, 5) is 10.9. The van der Waals surface area contributed by atoms with Gasteiger partial charge in [0.15, 0.2) is 0 Å². The van der Waals surface area contributed by atoms with Crippen LogP contribution in [-0.4, -0.2) is 35.5 Å². The van der Waals surface area contributed by atoms with E-state index in [1.54, 1.807) is 0 Å². The molecule has 0 aliphatic heterocycles. The SMILES string of the molecule is CCCC[C@H](O)CCCCCCC[C@H](O)CCC(=O)OC. The summed E-state index contributed by atoms with van der Waals surface area (Å²) in [5.74, 6) is -0.254. The van der Waals surface area contributed by atoms with Gasteiger partial charge in [0.1, 0.15) is 0 Å². The van der Waals surface area contributed by atoms with Crippen molar-refractivity contribution in [3.8, 4) is 0 Å². The van der Waals surface area contributed by atoms with E-state index in [0.29, 0.717) is 12.8 Å². The van der Waals surface area contributed by atoms with Gasteiger partial charge in [0.05, 0.1) is 19.3 Å². The van der Waals surface area contributed by atoms with Crippen LogP contribution >= 0.6 is 0 Å². The van der Waals surface area contributed by atoms with E-state index in [9.17, 15) is 15.0 Å². The van der Waals surface area contributed by atoms with Crippen LogP contribution in [0.2, 0.25) is 0 Å². The monoisotopic (exact) mass is 302 g/mol. The van der Waals surface area contributed by atoms with Gasteiger partial charge in [-0.1, -0.05) is 51.9 Å². The van der Waals surface area contributed by atoms with Gasteiger partial charge >= 0.3 is 5.97 Å². The number of carbonyl (C=O) groups is 1. The summed E-state index contributed by atoms with van der Waals surface area (Å²) in [7, 11) is 1.37. The minimum atomic E-state index is -0.389. The maximum Gasteiger partial charge on any atom is 0.305 e. The third-order valence-electron chi connectivity index (χ3n) is 3.87. The quantitative estimate of drug-likeness (QED) is 0.380. The van der Waals surface area contributed by atoms with Gasteiger partial charge in [-0.2, -0.15) is 0 Å². The first-order valence-corrected chi connectivity index (χ1v) is 8.53. The van der Waals surface area contributed by atoms with Crippen molar-refractivity contribution in [1.29, 1.82) is 0 Å². The molecular formula is C17H34O4. The second kappa shape index (κ2) is 14.3. The number of aliphatic hydroxyl groups is 2. The fraction of sp³-hybridized carbons (Fsp3) is 0.941. The smallest absolute Gasteiger partial charge is 0.305 e. The molecule has 0 unspecified atom stereocenters. The van der Waals surface area contributed by atoms with Crippen LogP contribution in [0.4, 0.5) is 0 Å². The molecule has 4 heteroatoms. The molecule has 0 rings (SSSR count). The summed E-state index contributed by atoms with van der Waals surface area (Å²) in [6.07, 6.45) is 10.7. The highest BCUT2D eigenvalue weighted by molar-refractivity contribution is 5.69. The zero-order valence-corrected chi connectivity index (χ0v) is 13.9. The molecule has 0 bridgehead atoms. The zero-order valence-electron chi connectivity index (χ0n) is 13.9. The maximum absolute atomic E-state index is 10.9. The van der Waals surface area contributed by atoms with Crippen LogP contribution < -0.4 is 0 Å². The highest BCUT2D eigenvalue weighted by Gasteiger charge is 2.08. The number of ether oxygens (including phenoxy) is 1. The van der Waals surface area contributed by atoms with Crippen molar-refractivity contribution in [3.63, 3.8) is 0 Å². The summed E-state index contributed by atoms with van der Waals surface area (Å²) in [5.41, 5.74) is 0. The molecule has 0 amide bonds. The topological polar surface area (TPSA) is 66.8 Å². The molecule has 0 spiro atoms. The molecule has 0 aromatic heterocycles. The van der Waals surface area contributed by atoms with Gasteiger partial charge in [-0.15, -0.1) is 0 Å². The van der Waals surface area contributed by atoms with Crippen LogP contribution in [0.1, 0.15) is 84.0 Å². The van der Waals surface area contributed by atoms with Gasteiger partial charge in [-0.05, 0) is 25.7 Å². The predicted molar refractivity (Wildman–Crippen MR) is 85.1 cm³/mol. The Bertz CT molecular complexity index is 243. The van der Waals surface area contributed by atoms with Crippen molar-refractivity contribution in [1.82, 2.24) is 0 Å². The second-order valence-corrected chi connectivity index (χ2v) is 5.91. The van der Waals surface area contributed by atoms with Crippen molar-refractivity contribution < 1.29 is 19.7 Å². The van der Waals surface area contributed by atoms with E-state index in [2.05, 4.69) is 11.7 Å². The van der Waals surface area contributed by atoms with Crippen LogP contribution in [0, 0.1) is 0 Å². The van der Waals surface area contributed by atoms with Gasteiger partial charge in [0.2, 0.25) is 0 Å². The van der Waals surface area contributed by atoms with Gasteiger partial charge in [-0.25, -0.2) is 0 Å². The van der Waals surface area contributed by atoms with Crippen LogP contribution in [0.15, 0.2) is 0 Å². The molecule has 0 saturated heterocycles. The molecule has 126 valence electrons. The lowest BCUT2D eigenvalue weighted by molar-refractivity contribution is -0.141. The first kappa shape index (κ1) is 20.4. The maximum atomic E-state index is 10.9. The highest BCUT2D eigenvalue weighted by atomic mass is 16.5. The third kappa shape index (κ3) is 14.1. The summed E-state index contributed by atoms with van der Waals surface area (Å²) in [6.45, 7) is 2.15. The standard InChI is InChI=1S/C17H34O4/c1-3-4-10-15(18)11-8-6-5-7-9-12-16(19)13-14-17(20)21-2/h15-16,18-19H,3-14H2,1-2H3/t15-,16-/m0/s1. The summed E-state index contributed by atoms with van der Waals surface area (Å²) >= 11 is 0. The molecular weight excluding hydrogens is 268 g/mol. The summed E-state index contributed by atoms with van der Waals surface area (Å²) in [6, 6.07) is 0. The Morgan fingerprint density at radius 3 is 1.86 bits per heavy atom. The first-order chi connectivity index (χ1) is 10.1. The van der Waals surface area contributed by atoms with Gasteiger partial charge in [-0.3, -0.25) is 4.79 Å². The Hall–Kier alpha value is -0.610. The largest absolute Gasteiger partial charge is 0.469 e. The number of unbranched alkanes of at least 4 members (excludes halogenated alkanes) is 5. The molecule has 0 aliphatic rings. The fourth-order valence-corrected chi connectivity index (χ4v) is 2.41. The van der Waals surface area contributed by atoms with Crippen LogP contribution in [0.25, 0.3) is 0 Å². The van der Waals surface area contributed by atoms with E-state index in [1.165, 1.54) is 7.11 Å². The molecule has 2 N–H and O–H groups in total. The normalized spacial score (nSPS) is 13.9. The zero-order chi connectivity index (χ0) is 15.9. The number of carbonyl (C=O) groups excluding carboxylic acids is 1. The first-order valence-electron chi connectivity index (χ1n) is 8.53. The molecule has 21 heavy (non-hydrogen) atoms. The van der Waals surface area contributed by atoms with Crippen molar-refractivity contribution >= 4 is 5.97 Å². The van der Waals surface area contributed by atoms with E-state index < -0.39 is 0 Å². The van der Waals surface area contributed by atoms with E-state index in [0.717, 1.165) is 64.2 Å². The van der Waals surface area contributed by atoms with Crippen LogP contribution in [0.3, 0.4) is 0 Å². The van der Waals surface area contributed by atoms with Crippen LogP contribution in [0.5, 0.6) is 0 Å².